The SMILES string of the molecule is CC1(C)Cc2cc(CNCCC(=O)N3CCCC3)ccc2O1. The molecule has 1 saturated heterocycles. The van der Waals surface area contributed by atoms with Crippen LogP contribution in [-0.4, -0.2) is 36.0 Å². The van der Waals surface area contributed by atoms with Crippen LogP contribution in [-0.2, 0) is 17.8 Å². The minimum atomic E-state index is -0.0868. The molecule has 4 nitrogen and oxygen atoms in total. The Morgan fingerprint density at radius 3 is 2.86 bits per heavy atom. The van der Waals surface area contributed by atoms with Crippen molar-refractivity contribution in [2.24, 2.45) is 0 Å². The lowest BCUT2D eigenvalue weighted by atomic mass is 10.0. The molecule has 4 heteroatoms. The predicted octanol–water partition coefficient (Wildman–Crippen LogP) is 2.50. The second kappa shape index (κ2) is 6.29. The molecule has 1 fully saturated rings. The van der Waals surface area contributed by atoms with Crippen LogP contribution in [0.3, 0.4) is 0 Å². The van der Waals surface area contributed by atoms with Crippen LogP contribution in [0.25, 0.3) is 0 Å². The second-order valence-corrected chi connectivity index (χ2v) is 7.00. The molecule has 2 aliphatic rings. The molecule has 0 spiro atoms. The van der Waals surface area contributed by atoms with E-state index in [0.29, 0.717) is 6.42 Å². The number of nitrogens with one attached hydrogen (secondary N) is 1. The summed E-state index contributed by atoms with van der Waals surface area (Å²) in [7, 11) is 0. The molecular formula is C18H26N2O2. The highest BCUT2D eigenvalue weighted by Gasteiger charge is 2.29. The Kier molecular flexibility index (Phi) is 4.39. The quantitative estimate of drug-likeness (QED) is 0.850. The van der Waals surface area contributed by atoms with Crippen LogP contribution in [0.4, 0.5) is 0 Å². The Labute approximate surface area is 132 Å². The Morgan fingerprint density at radius 2 is 2.09 bits per heavy atom. The number of ether oxygens (including phenoxy) is 1. The fourth-order valence-corrected chi connectivity index (χ4v) is 3.33. The summed E-state index contributed by atoms with van der Waals surface area (Å²) in [6.07, 6.45) is 3.88. The summed E-state index contributed by atoms with van der Waals surface area (Å²) in [6, 6.07) is 6.39. The minimum absolute atomic E-state index is 0.0868. The summed E-state index contributed by atoms with van der Waals surface area (Å²) < 4.78 is 5.89. The summed E-state index contributed by atoms with van der Waals surface area (Å²) in [6.45, 7) is 7.68. The third-order valence-corrected chi connectivity index (χ3v) is 4.43. The van der Waals surface area contributed by atoms with Crippen molar-refractivity contribution < 1.29 is 9.53 Å². The van der Waals surface area contributed by atoms with E-state index >= 15 is 0 Å². The molecule has 1 amide bonds. The molecule has 0 aliphatic carbocycles. The summed E-state index contributed by atoms with van der Waals surface area (Å²) in [5.74, 6) is 1.30. The average Bonchev–Trinajstić information content (AvgIpc) is 3.08. The highest BCUT2D eigenvalue weighted by Crippen LogP contribution is 2.35. The van der Waals surface area contributed by atoms with Gasteiger partial charge in [0.1, 0.15) is 11.4 Å². The molecule has 0 radical (unpaired) electrons. The van der Waals surface area contributed by atoms with E-state index < -0.39 is 0 Å². The zero-order chi connectivity index (χ0) is 15.6. The van der Waals surface area contributed by atoms with Gasteiger partial charge in [-0.05, 0) is 43.9 Å². The van der Waals surface area contributed by atoms with Crippen molar-refractivity contribution in [3.8, 4) is 5.75 Å². The molecule has 22 heavy (non-hydrogen) atoms. The maximum Gasteiger partial charge on any atom is 0.223 e. The van der Waals surface area contributed by atoms with Crippen molar-refractivity contribution in [3.63, 3.8) is 0 Å². The lowest BCUT2D eigenvalue weighted by Gasteiger charge is -2.16. The highest BCUT2D eigenvalue weighted by atomic mass is 16.5. The van der Waals surface area contributed by atoms with Gasteiger partial charge < -0.3 is 15.0 Å². The van der Waals surface area contributed by atoms with Crippen LogP contribution < -0.4 is 10.1 Å². The van der Waals surface area contributed by atoms with Gasteiger partial charge >= 0.3 is 0 Å². The molecule has 0 unspecified atom stereocenters. The smallest absolute Gasteiger partial charge is 0.223 e. The standard InChI is InChI=1S/C18H26N2O2/c1-18(2)12-15-11-14(5-6-16(15)22-18)13-19-8-7-17(21)20-9-3-4-10-20/h5-6,11,19H,3-4,7-10,12-13H2,1-2H3. The summed E-state index contributed by atoms with van der Waals surface area (Å²) in [5, 5.41) is 3.38. The predicted molar refractivity (Wildman–Crippen MR) is 87.0 cm³/mol. The number of amides is 1. The minimum Gasteiger partial charge on any atom is -0.487 e. The van der Waals surface area contributed by atoms with Crippen LogP contribution >= 0.6 is 0 Å². The first-order chi connectivity index (χ1) is 10.5. The van der Waals surface area contributed by atoms with E-state index in [2.05, 4.69) is 37.4 Å². The van der Waals surface area contributed by atoms with E-state index in [4.69, 9.17) is 4.74 Å². The maximum absolute atomic E-state index is 12.0. The van der Waals surface area contributed by atoms with Crippen LogP contribution in [0.5, 0.6) is 5.75 Å². The van der Waals surface area contributed by atoms with Crippen molar-refractivity contribution in [2.45, 2.75) is 51.7 Å². The molecule has 1 N–H and O–H groups in total. The molecule has 0 atom stereocenters. The Balaban J connectivity index is 1.44. The molecule has 0 aromatic heterocycles. The lowest BCUT2D eigenvalue weighted by molar-refractivity contribution is -0.130. The van der Waals surface area contributed by atoms with Gasteiger partial charge in [0.25, 0.3) is 0 Å². The first-order valence-corrected chi connectivity index (χ1v) is 8.33. The van der Waals surface area contributed by atoms with Gasteiger partial charge in [-0.15, -0.1) is 0 Å². The first-order valence-electron chi connectivity index (χ1n) is 8.33. The van der Waals surface area contributed by atoms with Crippen LogP contribution in [0, 0.1) is 0 Å². The van der Waals surface area contributed by atoms with E-state index in [1.165, 1.54) is 11.1 Å². The second-order valence-electron chi connectivity index (χ2n) is 7.00. The van der Waals surface area contributed by atoms with E-state index in [-0.39, 0.29) is 11.5 Å². The fourth-order valence-electron chi connectivity index (χ4n) is 3.33. The molecule has 2 aliphatic heterocycles. The van der Waals surface area contributed by atoms with Crippen molar-refractivity contribution in [1.29, 1.82) is 0 Å². The van der Waals surface area contributed by atoms with Gasteiger partial charge in [0.15, 0.2) is 0 Å². The van der Waals surface area contributed by atoms with Crippen LogP contribution in [0.15, 0.2) is 18.2 Å². The normalized spacial score (nSPS) is 19.1. The van der Waals surface area contributed by atoms with Gasteiger partial charge in [0, 0.05) is 39.0 Å². The van der Waals surface area contributed by atoms with Gasteiger partial charge in [-0.1, -0.05) is 12.1 Å². The zero-order valence-electron chi connectivity index (χ0n) is 13.7. The number of rotatable bonds is 5. The Bertz CT molecular complexity index is 548. The molecule has 2 heterocycles. The molecule has 1 aromatic carbocycles. The number of fused-ring (bicyclic) bond motifs is 1. The van der Waals surface area contributed by atoms with Crippen molar-refractivity contribution in [2.75, 3.05) is 19.6 Å². The number of carbonyl (C=O) groups is 1. The fraction of sp³-hybridized carbons (Fsp3) is 0.611. The van der Waals surface area contributed by atoms with Gasteiger partial charge in [-0.2, -0.15) is 0 Å². The largest absolute Gasteiger partial charge is 0.487 e. The summed E-state index contributed by atoms with van der Waals surface area (Å²) >= 11 is 0. The van der Waals surface area contributed by atoms with Gasteiger partial charge in [-0.3, -0.25) is 4.79 Å². The Morgan fingerprint density at radius 1 is 1.32 bits per heavy atom. The van der Waals surface area contributed by atoms with E-state index in [1.807, 2.05) is 4.90 Å². The van der Waals surface area contributed by atoms with E-state index in [0.717, 1.165) is 51.2 Å². The van der Waals surface area contributed by atoms with Crippen LogP contribution in [0.1, 0.15) is 44.2 Å². The number of nitrogens with zero attached hydrogens (tertiary/aromatic N) is 1. The van der Waals surface area contributed by atoms with Gasteiger partial charge in [-0.25, -0.2) is 0 Å². The third-order valence-electron chi connectivity index (χ3n) is 4.43. The average molecular weight is 302 g/mol. The summed E-state index contributed by atoms with van der Waals surface area (Å²) in [5.41, 5.74) is 2.46. The molecule has 120 valence electrons. The van der Waals surface area contributed by atoms with Gasteiger partial charge in [0.2, 0.25) is 5.91 Å². The molecule has 3 rings (SSSR count). The highest BCUT2D eigenvalue weighted by molar-refractivity contribution is 5.76. The van der Waals surface area contributed by atoms with Crippen molar-refractivity contribution in [3.05, 3.63) is 29.3 Å². The van der Waals surface area contributed by atoms with Crippen molar-refractivity contribution in [1.82, 2.24) is 10.2 Å². The molecule has 0 bridgehead atoms. The lowest BCUT2D eigenvalue weighted by Crippen LogP contribution is -2.30. The number of hydrogen-bond acceptors (Lipinski definition) is 3. The van der Waals surface area contributed by atoms with E-state index in [9.17, 15) is 4.79 Å². The number of benzene rings is 1. The first kappa shape index (κ1) is 15.3. The molecular weight excluding hydrogens is 276 g/mol. The number of likely N-dealkylation sites (tertiary alicyclic amines) is 1. The monoisotopic (exact) mass is 302 g/mol. The van der Waals surface area contributed by atoms with Crippen LogP contribution in [0.2, 0.25) is 0 Å². The molecule has 0 saturated carbocycles. The van der Waals surface area contributed by atoms with Gasteiger partial charge in [0.05, 0.1) is 0 Å². The zero-order valence-corrected chi connectivity index (χ0v) is 13.7. The number of hydrogen-bond donors (Lipinski definition) is 1. The third kappa shape index (κ3) is 3.61. The van der Waals surface area contributed by atoms with E-state index in [1.54, 1.807) is 0 Å². The Hall–Kier alpha value is -1.55. The van der Waals surface area contributed by atoms with Crippen molar-refractivity contribution >= 4 is 5.91 Å². The molecule has 1 aromatic rings. The summed E-state index contributed by atoms with van der Waals surface area (Å²) in [4.78, 5) is 13.9. The maximum atomic E-state index is 12.0. The number of carbonyl (C=O) groups excluding carboxylic acids is 1. The topological polar surface area (TPSA) is 41.6 Å².